The second kappa shape index (κ2) is 4.11. The molecule has 1 aromatic rings. The van der Waals surface area contributed by atoms with Crippen molar-refractivity contribution in [1.29, 1.82) is 5.26 Å². The highest BCUT2D eigenvalue weighted by atomic mass is 16.2. The third-order valence-electron chi connectivity index (χ3n) is 3.94. The second-order valence-corrected chi connectivity index (χ2v) is 5.25. The zero-order valence-electron chi connectivity index (χ0n) is 10.1. The van der Waals surface area contributed by atoms with Crippen molar-refractivity contribution in [1.82, 2.24) is 5.32 Å². The number of hydrogen-bond donors (Lipinski definition) is 1. The Morgan fingerprint density at radius 3 is 3.06 bits per heavy atom. The Morgan fingerprint density at radius 2 is 2.33 bits per heavy atom. The molecule has 1 atom stereocenters. The summed E-state index contributed by atoms with van der Waals surface area (Å²) in [5, 5.41) is 12.3. The van der Waals surface area contributed by atoms with Gasteiger partial charge < -0.3 is 10.2 Å². The third-order valence-corrected chi connectivity index (χ3v) is 3.94. The number of nitrogens with zero attached hydrogens (tertiary/aromatic N) is 2. The average molecular weight is 241 g/mol. The number of carbonyl (C=O) groups is 1. The topological polar surface area (TPSA) is 56.1 Å². The van der Waals surface area contributed by atoms with Crippen molar-refractivity contribution in [3.05, 3.63) is 29.8 Å². The summed E-state index contributed by atoms with van der Waals surface area (Å²) in [6.07, 6.45) is 1.68. The summed E-state index contributed by atoms with van der Waals surface area (Å²) in [5.74, 6) is 0.175. The number of amides is 1. The first-order valence-corrected chi connectivity index (χ1v) is 6.24. The molecule has 2 fully saturated rings. The molecule has 0 bridgehead atoms. The standard InChI is InChI=1S/C14H15N3O/c15-8-11-2-1-3-12(6-11)17-10-14(7-13(17)18)4-5-16-9-14/h1-3,6,16H,4-5,7,9-10H2/t14-/m0/s1. The first-order valence-electron chi connectivity index (χ1n) is 6.24. The molecule has 4 heteroatoms. The summed E-state index contributed by atoms with van der Waals surface area (Å²) in [4.78, 5) is 14.0. The lowest BCUT2D eigenvalue weighted by molar-refractivity contribution is -0.117. The molecule has 0 aliphatic carbocycles. The third kappa shape index (κ3) is 1.77. The molecule has 3 rings (SSSR count). The molecule has 0 saturated carbocycles. The number of rotatable bonds is 1. The fraction of sp³-hybridized carbons (Fsp3) is 0.429. The summed E-state index contributed by atoms with van der Waals surface area (Å²) in [6, 6.07) is 9.40. The van der Waals surface area contributed by atoms with Gasteiger partial charge in [0, 0.05) is 30.6 Å². The molecule has 1 amide bonds. The summed E-state index contributed by atoms with van der Waals surface area (Å²) < 4.78 is 0. The fourth-order valence-corrected chi connectivity index (χ4v) is 2.96. The van der Waals surface area contributed by atoms with Gasteiger partial charge in [0.15, 0.2) is 0 Å². The van der Waals surface area contributed by atoms with Crippen LogP contribution in [0.1, 0.15) is 18.4 Å². The van der Waals surface area contributed by atoms with Crippen molar-refractivity contribution in [2.45, 2.75) is 12.8 Å². The Morgan fingerprint density at radius 1 is 1.44 bits per heavy atom. The van der Waals surface area contributed by atoms with Crippen LogP contribution in [0.5, 0.6) is 0 Å². The molecular weight excluding hydrogens is 226 g/mol. The smallest absolute Gasteiger partial charge is 0.227 e. The second-order valence-electron chi connectivity index (χ2n) is 5.25. The van der Waals surface area contributed by atoms with Gasteiger partial charge in [-0.25, -0.2) is 0 Å². The quantitative estimate of drug-likeness (QED) is 0.805. The van der Waals surface area contributed by atoms with Crippen LogP contribution >= 0.6 is 0 Å². The van der Waals surface area contributed by atoms with Crippen LogP contribution in [-0.4, -0.2) is 25.5 Å². The summed E-state index contributed by atoms with van der Waals surface area (Å²) in [6.45, 7) is 2.69. The first kappa shape index (κ1) is 11.2. The fourth-order valence-electron chi connectivity index (χ4n) is 2.96. The van der Waals surface area contributed by atoms with Crippen LogP contribution in [0.15, 0.2) is 24.3 Å². The summed E-state index contributed by atoms with van der Waals surface area (Å²) >= 11 is 0. The van der Waals surface area contributed by atoms with Crippen LogP contribution in [0, 0.1) is 16.7 Å². The Labute approximate surface area is 106 Å². The van der Waals surface area contributed by atoms with Gasteiger partial charge >= 0.3 is 0 Å². The van der Waals surface area contributed by atoms with Gasteiger partial charge in [-0.05, 0) is 31.2 Å². The molecule has 92 valence electrons. The predicted octanol–water partition coefficient (Wildman–Crippen LogP) is 1.27. The Kier molecular flexibility index (Phi) is 2.57. The van der Waals surface area contributed by atoms with E-state index in [0.29, 0.717) is 12.0 Å². The van der Waals surface area contributed by atoms with Gasteiger partial charge in [0.05, 0.1) is 11.6 Å². The van der Waals surface area contributed by atoms with Gasteiger partial charge in [-0.3, -0.25) is 4.79 Å². The van der Waals surface area contributed by atoms with Crippen LogP contribution in [-0.2, 0) is 4.79 Å². The van der Waals surface area contributed by atoms with Crippen molar-refractivity contribution < 1.29 is 4.79 Å². The normalized spacial score (nSPS) is 26.8. The molecule has 4 nitrogen and oxygen atoms in total. The molecule has 0 aromatic heterocycles. The van der Waals surface area contributed by atoms with Crippen LogP contribution in [0.25, 0.3) is 0 Å². The predicted molar refractivity (Wildman–Crippen MR) is 68.0 cm³/mol. The van der Waals surface area contributed by atoms with Gasteiger partial charge in [0.1, 0.15) is 0 Å². The summed E-state index contributed by atoms with van der Waals surface area (Å²) in [7, 11) is 0. The number of hydrogen-bond acceptors (Lipinski definition) is 3. The van der Waals surface area contributed by atoms with Crippen molar-refractivity contribution in [2.75, 3.05) is 24.5 Å². The van der Waals surface area contributed by atoms with Crippen molar-refractivity contribution in [3.63, 3.8) is 0 Å². The van der Waals surface area contributed by atoms with Gasteiger partial charge in [0.25, 0.3) is 0 Å². The van der Waals surface area contributed by atoms with E-state index in [2.05, 4.69) is 11.4 Å². The lowest BCUT2D eigenvalue weighted by atomic mass is 9.86. The van der Waals surface area contributed by atoms with Gasteiger partial charge in [-0.15, -0.1) is 0 Å². The van der Waals surface area contributed by atoms with Crippen LogP contribution < -0.4 is 10.2 Å². The number of nitriles is 1. The largest absolute Gasteiger partial charge is 0.316 e. The number of carbonyl (C=O) groups excluding carboxylic acids is 1. The maximum absolute atomic E-state index is 12.2. The monoisotopic (exact) mass is 241 g/mol. The van der Waals surface area contributed by atoms with E-state index in [9.17, 15) is 4.79 Å². The molecule has 1 spiro atoms. The van der Waals surface area contributed by atoms with Crippen LogP contribution in [0.3, 0.4) is 0 Å². The lowest BCUT2D eigenvalue weighted by Crippen LogP contribution is -2.29. The zero-order chi connectivity index (χ0) is 12.6. The van der Waals surface area contributed by atoms with E-state index in [4.69, 9.17) is 5.26 Å². The van der Waals surface area contributed by atoms with E-state index in [-0.39, 0.29) is 11.3 Å². The molecule has 2 saturated heterocycles. The molecule has 2 heterocycles. The van der Waals surface area contributed by atoms with E-state index >= 15 is 0 Å². The minimum Gasteiger partial charge on any atom is -0.316 e. The van der Waals surface area contributed by atoms with E-state index in [1.807, 2.05) is 17.0 Å². The maximum Gasteiger partial charge on any atom is 0.227 e. The minimum absolute atomic E-state index is 0.111. The van der Waals surface area contributed by atoms with Crippen molar-refractivity contribution in [3.8, 4) is 6.07 Å². The Bertz CT molecular complexity index is 526. The van der Waals surface area contributed by atoms with Crippen molar-refractivity contribution in [2.24, 2.45) is 5.41 Å². The zero-order valence-corrected chi connectivity index (χ0v) is 10.1. The lowest BCUT2D eigenvalue weighted by Gasteiger charge is -2.22. The van der Waals surface area contributed by atoms with Gasteiger partial charge in [-0.2, -0.15) is 5.26 Å². The minimum atomic E-state index is 0.111. The molecule has 0 unspecified atom stereocenters. The molecule has 2 aliphatic heterocycles. The molecule has 18 heavy (non-hydrogen) atoms. The van der Waals surface area contributed by atoms with E-state index in [1.54, 1.807) is 12.1 Å². The number of nitrogens with one attached hydrogen (secondary N) is 1. The highest BCUT2D eigenvalue weighted by Gasteiger charge is 2.45. The summed E-state index contributed by atoms with van der Waals surface area (Å²) in [5.41, 5.74) is 1.56. The highest BCUT2D eigenvalue weighted by molar-refractivity contribution is 5.96. The molecule has 2 aliphatic rings. The Hall–Kier alpha value is -1.86. The maximum atomic E-state index is 12.2. The molecular formula is C14H15N3O. The van der Waals surface area contributed by atoms with Gasteiger partial charge in [0.2, 0.25) is 5.91 Å². The van der Waals surface area contributed by atoms with E-state index in [0.717, 1.165) is 31.7 Å². The Balaban J connectivity index is 1.88. The SMILES string of the molecule is N#Cc1cccc(N2C[C@@]3(CCNC3)CC2=O)c1. The van der Waals surface area contributed by atoms with E-state index < -0.39 is 0 Å². The number of anilines is 1. The van der Waals surface area contributed by atoms with Crippen LogP contribution in [0.2, 0.25) is 0 Å². The van der Waals surface area contributed by atoms with Crippen molar-refractivity contribution >= 4 is 11.6 Å². The first-order chi connectivity index (χ1) is 8.72. The van der Waals surface area contributed by atoms with Gasteiger partial charge in [-0.1, -0.05) is 6.07 Å². The molecule has 1 N–H and O–H groups in total. The van der Waals surface area contributed by atoms with Crippen LogP contribution in [0.4, 0.5) is 5.69 Å². The highest BCUT2D eigenvalue weighted by Crippen LogP contribution is 2.39. The van der Waals surface area contributed by atoms with E-state index in [1.165, 1.54) is 0 Å². The average Bonchev–Trinajstić information content (AvgIpc) is 2.97. The molecule has 0 radical (unpaired) electrons. The number of benzene rings is 1. The molecule has 1 aromatic carbocycles.